The van der Waals surface area contributed by atoms with Gasteiger partial charge in [-0.25, -0.2) is 0 Å². The lowest BCUT2D eigenvalue weighted by molar-refractivity contribution is -0.147. The zero-order valence-corrected chi connectivity index (χ0v) is 5.02. The van der Waals surface area contributed by atoms with E-state index in [0.717, 1.165) is 0 Å². The molecule has 0 aromatic heterocycles. The highest BCUT2D eigenvalue weighted by Crippen LogP contribution is 1.74. The minimum absolute atomic E-state index is 0. The molecule has 0 unspecified atom stereocenters. The highest BCUT2D eigenvalue weighted by molar-refractivity contribution is 5.88. The molecule has 0 atom stereocenters. The van der Waals surface area contributed by atoms with E-state index in [-0.39, 0.29) is 29.7 Å². The van der Waals surface area contributed by atoms with Gasteiger partial charge in [0.05, 0.1) is 0 Å². The summed E-state index contributed by atoms with van der Waals surface area (Å²) in [5.41, 5.74) is 0. The van der Waals surface area contributed by atoms with Crippen molar-refractivity contribution < 1.29 is 30.0 Å². The van der Waals surface area contributed by atoms with Gasteiger partial charge >= 0.3 is 11.9 Å². The normalized spacial score (nSPS) is 5.29. The predicted molar refractivity (Wildman–Crippen MR) is 56.1 cm³/mol. The van der Waals surface area contributed by atoms with Gasteiger partial charge in [-0.3, -0.25) is 9.59 Å². The van der Waals surface area contributed by atoms with E-state index in [2.05, 4.69) is 0 Å². The Morgan fingerprint density at radius 2 is 0.929 bits per heavy atom. The van der Waals surface area contributed by atoms with E-state index in [4.69, 9.17) is 20.4 Å². The number of aliphatic hydroxyl groups excluding tert-OH is 1. The SMILES string of the molecule is C.C.C.C.O=C(O)CC(=O)O.OCO. The van der Waals surface area contributed by atoms with Crippen molar-refractivity contribution in [3.05, 3.63) is 0 Å². The summed E-state index contributed by atoms with van der Waals surface area (Å²) in [6.45, 7) is -0.750. The minimum atomic E-state index is -1.31. The Bertz CT molecular complexity index is 100. The molecule has 0 spiro atoms. The molecule has 6 nitrogen and oxygen atoms in total. The van der Waals surface area contributed by atoms with Crippen LogP contribution in [0.15, 0.2) is 0 Å². The maximum absolute atomic E-state index is 9.43. The number of carboxylic acid groups (broad SMARTS) is 2. The summed E-state index contributed by atoms with van der Waals surface area (Å²) >= 11 is 0. The maximum atomic E-state index is 9.43. The molecule has 0 bridgehead atoms. The third kappa shape index (κ3) is 129. The minimum Gasteiger partial charge on any atom is -0.481 e. The molecule has 0 aliphatic carbocycles. The van der Waals surface area contributed by atoms with Crippen LogP contribution in [0.4, 0.5) is 0 Å². The number of aliphatic carboxylic acids is 2. The molecule has 0 rings (SSSR count). The van der Waals surface area contributed by atoms with E-state index in [1.807, 2.05) is 0 Å². The van der Waals surface area contributed by atoms with Crippen molar-refractivity contribution in [1.29, 1.82) is 0 Å². The van der Waals surface area contributed by atoms with E-state index in [1.165, 1.54) is 0 Å². The largest absolute Gasteiger partial charge is 0.481 e. The molecule has 0 aliphatic heterocycles. The van der Waals surface area contributed by atoms with Crippen LogP contribution in [-0.4, -0.2) is 39.2 Å². The van der Waals surface area contributed by atoms with Crippen LogP contribution in [0.2, 0.25) is 0 Å². The topological polar surface area (TPSA) is 115 Å². The van der Waals surface area contributed by atoms with Crippen LogP contribution in [0.1, 0.15) is 36.1 Å². The Kier molecular flexibility index (Phi) is 81.6. The monoisotopic (exact) mass is 216 g/mol. The Morgan fingerprint density at radius 3 is 0.929 bits per heavy atom. The average Bonchev–Trinajstić information content (AvgIpc) is 1.62. The first kappa shape index (κ1) is 38.4. The van der Waals surface area contributed by atoms with Crippen LogP contribution in [0.5, 0.6) is 0 Å². The molecule has 0 aliphatic rings. The lowest BCUT2D eigenvalue weighted by Gasteiger charge is -1.80. The van der Waals surface area contributed by atoms with E-state index < -0.39 is 25.2 Å². The lowest BCUT2D eigenvalue weighted by Crippen LogP contribution is -2.03. The van der Waals surface area contributed by atoms with Crippen LogP contribution >= 0.6 is 0 Å². The fourth-order valence-electron chi connectivity index (χ4n) is 0.129. The molecule has 0 saturated heterocycles. The summed E-state index contributed by atoms with van der Waals surface area (Å²) in [6, 6.07) is 0. The van der Waals surface area contributed by atoms with Crippen LogP contribution in [-0.2, 0) is 9.59 Å². The Hall–Kier alpha value is -1.14. The van der Waals surface area contributed by atoms with Gasteiger partial charge in [0.15, 0.2) is 0 Å². The Balaban J connectivity index is -0.0000000208. The molecule has 92 valence electrons. The number of carboxylic acids is 2. The smallest absolute Gasteiger partial charge is 0.314 e. The average molecular weight is 216 g/mol. The fraction of sp³-hybridized carbons (Fsp3) is 0.750. The first-order chi connectivity index (χ1) is 4.54. The zero-order valence-electron chi connectivity index (χ0n) is 5.02. The second kappa shape index (κ2) is 29.7. The highest BCUT2D eigenvalue weighted by atomic mass is 16.5. The Labute approximate surface area is 85.8 Å². The summed E-state index contributed by atoms with van der Waals surface area (Å²) in [5.74, 6) is -2.62. The number of hydrogen-bond acceptors (Lipinski definition) is 4. The van der Waals surface area contributed by atoms with Crippen molar-refractivity contribution >= 4 is 11.9 Å². The van der Waals surface area contributed by atoms with Gasteiger partial charge in [-0.2, -0.15) is 0 Å². The standard InChI is InChI=1S/C3H4O4.CH4O2.4CH4/c4-2(5)1-3(6)7;2-1-3;;;;/h1H2,(H,4,5)(H,6,7);2-3H,1H2;4*1H4. The molecule has 0 aromatic rings. The van der Waals surface area contributed by atoms with Crippen LogP contribution in [0.3, 0.4) is 0 Å². The molecule has 0 amide bonds. The van der Waals surface area contributed by atoms with Gasteiger partial charge in [0, 0.05) is 0 Å². The summed E-state index contributed by atoms with van der Waals surface area (Å²) in [7, 11) is 0. The van der Waals surface area contributed by atoms with Crippen LogP contribution in [0, 0.1) is 0 Å². The van der Waals surface area contributed by atoms with Gasteiger partial charge < -0.3 is 20.4 Å². The maximum Gasteiger partial charge on any atom is 0.314 e. The van der Waals surface area contributed by atoms with Gasteiger partial charge in [0.25, 0.3) is 0 Å². The van der Waals surface area contributed by atoms with E-state index >= 15 is 0 Å². The predicted octanol–water partition coefficient (Wildman–Crippen LogP) is 1.02. The van der Waals surface area contributed by atoms with Crippen molar-refractivity contribution in [2.75, 3.05) is 6.79 Å². The van der Waals surface area contributed by atoms with Gasteiger partial charge in [-0.1, -0.05) is 29.7 Å². The van der Waals surface area contributed by atoms with Crippen molar-refractivity contribution in [2.45, 2.75) is 36.1 Å². The first-order valence-corrected chi connectivity index (χ1v) is 2.20. The number of aliphatic hydroxyl groups is 2. The van der Waals surface area contributed by atoms with E-state index in [0.29, 0.717) is 0 Å². The molecule has 0 aromatic carbocycles. The van der Waals surface area contributed by atoms with Crippen molar-refractivity contribution in [3.63, 3.8) is 0 Å². The van der Waals surface area contributed by atoms with Gasteiger partial charge in [0.2, 0.25) is 0 Å². The number of rotatable bonds is 2. The van der Waals surface area contributed by atoms with E-state index in [1.54, 1.807) is 0 Å². The first-order valence-electron chi connectivity index (χ1n) is 2.20. The molecular weight excluding hydrogens is 192 g/mol. The molecule has 0 fully saturated rings. The lowest BCUT2D eigenvalue weighted by atomic mass is 10.5. The summed E-state index contributed by atoms with van der Waals surface area (Å²) < 4.78 is 0. The number of carbonyl (C=O) groups is 2. The van der Waals surface area contributed by atoms with Gasteiger partial charge in [-0.05, 0) is 0 Å². The summed E-state index contributed by atoms with van der Waals surface area (Å²) in [5, 5.41) is 29.7. The van der Waals surface area contributed by atoms with Gasteiger partial charge in [0.1, 0.15) is 13.2 Å². The highest BCUT2D eigenvalue weighted by Gasteiger charge is 2.01. The fourth-order valence-corrected chi connectivity index (χ4v) is 0.129. The van der Waals surface area contributed by atoms with Crippen LogP contribution < -0.4 is 0 Å². The molecule has 4 N–H and O–H groups in total. The molecule has 0 radical (unpaired) electrons. The van der Waals surface area contributed by atoms with Gasteiger partial charge in [-0.15, -0.1) is 0 Å². The molecule has 6 heteroatoms. The molecule has 0 heterocycles. The summed E-state index contributed by atoms with van der Waals surface area (Å²) in [4.78, 5) is 18.9. The van der Waals surface area contributed by atoms with Crippen LogP contribution in [0.25, 0.3) is 0 Å². The Morgan fingerprint density at radius 1 is 0.786 bits per heavy atom. The molecular formula is C8H24O6. The van der Waals surface area contributed by atoms with Crippen molar-refractivity contribution in [1.82, 2.24) is 0 Å². The summed E-state index contributed by atoms with van der Waals surface area (Å²) in [6.07, 6.45) is -0.806. The van der Waals surface area contributed by atoms with Crippen molar-refractivity contribution in [3.8, 4) is 0 Å². The van der Waals surface area contributed by atoms with E-state index in [9.17, 15) is 9.59 Å². The second-order valence-electron chi connectivity index (χ2n) is 1.11. The zero-order chi connectivity index (χ0) is 8.57. The third-order valence-electron chi connectivity index (χ3n) is 0.302. The van der Waals surface area contributed by atoms with Crippen molar-refractivity contribution in [2.24, 2.45) is 0 Å². The second-order valence-corrected chi connectivity index (χ2v) is 1.11. The number of hydrogen-bond donors (Lipinski definition) is 4. The molecule has 14 heavy (non-hydrogen) atoms. The molecule has 0 saturated carbocycles. The third-order valence-corrected chi connectivity index (χ3v) is 0.302. The quantitative estimate of drug-likeness (QED) is 0.404.